The Labute approximate surface area is 104 Å². The van der Waals surface area contributed by atoms with E-state index in [0.29, 0.717) is 6.04 Å². The summed E-state index contributed by atoms with van der Waals surface area (Å²) in [6, 6.07) is 0.560. The number of hydrogen-bond acceptors (Lipinski definition) is 3. The molecule has 17 heavy (non-hydrogen) atoms. The fourth-order valence-electron chi connectivity index (χ4n) is 2.45. The third-order valence-electron chi connectivity index (χ3n) is 3.46. The van der Waals surface area contributed by atoms with E-state index < -0.39 is 0 Å². The minimum Gasteiger partial charge on any atom is -0.444 e. The van der Waals surface area contributed by atoms with Crippen molar-refractivity contribution in [2.24, 2.45) is 0 Å². The summed E-state index contributed by atoms with van der Waals surface area (Å²) in [4.78, 5) is 16.3. The number of carbonyl (C=O) groups is 1. The maximum absolute atomic E-state index is 12.0. The molecule has 0 aromatic heterocycles. The van der Waals surface area contributed by atoms with Crippen LogP contribution in [0.15, 0.2) is 0 Å². The molecule has 0 bridgehead atoms. The molecule has 1 atom stereocenters. The Bertz CT molecular complexity index is 282. The second-order valence-electron chi connectivity index (χ2n) is 6.11. The van der Waals surface area contributed by atoms with Crippen molar-refractivity contribution in [1.82, 2.24) is 9.80 Å². The van der Waals surface area contributed by atoms with Gasteiger partial charge in [0.25, 0.3) is 0 Å². The summed E-state index contributed by atoms with van der Waals surface area (Å²) in [5, 5.41) is 0. The van der Waals surface area contributed by atoms with Gasteiger partial charge in [-0.3, -0.25) is 4.90 Å². The predicted molar refractivity (Wildman–Crippen MR) is 67.0 cm³/mol. The van der Waals surface area contributed by atoms with Crippen molar-refractivity contribution in [3.63, 3.8) is 0 Å². The lowest BCUT2D eigenvalue weighted by molar-refractivity contribution is 0.00354. The normalized spacial score (nSPS) is 26.5. The first kappa shape index (κ1) is 12.7. The van der Waals surface area contributed by atoms with E-state index in [9.17, 15) is 4.79 Å². The molecule has 2 aliphatic heterocycles. The first-order valence-electron chi connectivity index (χ1n) is 6.68. The maximum atomic E-state index is 12.0. The molecule has 2 heterocycles. The Kier molecular flexibility index (Phi) is 3.61. The Morgan fingerprint density at radius 1 is 1.18 bits per heavy atom. The van der Waals surface area contributed by atoms with Gasteiger partial charge >= 0.3 is 6.09 Å². The topological polar surface area (TPSA) is 32.8 Å². The van der Waals surface area contributed by atoms with Gasteiger partial charge in [0, 0.05) is 19.1 Å². The van der Waals surface area contributed by atoms with Gasteiger partial charge in [0.2, 0.25) is 0 Å². The van der Waals surface area contributed by atoms with Crippen molar-refractivity contribution in [3.05, 3.63) is 0 Å². The average Bonchev–Trinajstić information content (AvgIpc) is 2.12. The van der Waals surface area contributed by atoms with Gasteiger partial charge in [-0.15, -0.1) is 0 Å². The first-order valence-corrected chi connectivity index (χ1v) is 6.68. The van der Waals surface area contributed by atoms with Crippen molar-refractivity contribution in [2.45, 2.75) is 51.7 Å². The monoisotopic (exact) mass is 240 g/mol. The highest BCUT2D eigenvalue weighted by Gasteiger charge is 2.32. The maximum Gasteiger partial charge on any atom is 0.410 e. The number of ether oxygens (including phenoxy) is 1. The number of hydrogen-bond donors (Lipinski definition) is 0. The van der Waals surface area contributed by atoms with E-state index >= 15 is 0 Å². The SMILES string of the molecule is CC(C)(C)OC(=O)N1CCC[C@H](N2CCC2)C1. The fourth-order valence-corrected chi connectivity index (χ4v) is 2.45. The van der Waals surface area contributed by atoms with Gasteiger partial charge in [0.15, 0.2) is 0 Å². The number of nitrogens with zero attached hydrogens (tertiary/aromatic N) is 2. The summed E-state index contributed by atoms with van der Waals surface area (Å²) < 4.78 is 5.43. The van der Waals surface area contributed by atoms with Crippen LogP contribution in [0.4, 0.5) is 4.79 Å². The zero-order chi connectivity index (χ0) is 12.5. The van der Waals surface area contributed by atoms with Crippen LogP contribution in [0.5, 0.6) is 0 Å². The van der Waals surface area contributed by atoms with Crippen molar-refractivity contribution in [2.75, 3.05) is 26.2 Å². The number of amides is 1. The lowest BCUT2D eigenvalue weighted by atomic mass is 10.0. The molecule has 2 saturated heterocycles. The van der Waals surface area contributed by atoms with E-state index in [1.165, 1.54) is 25.9 Å². The van der Waals surface area contributed by atoms with Crippen molar-refractivity contribution < 1.29 is 9.53 Å². The van der Waals surface area contributed by atoms with Gasteiger partial charge in [-0.1, -0.05) is 0 Å². The van der Waals surface area contributed by atoms with Gasteiger partial charge in [0.1, 0.15) is 5.60 Å². The third kappa shape index (κ3) is 3.35. The van der Waals surface area contributed by atoms with Crippen LogP contribution in [-0.2, 0) is 4.74 Å². The molecular formula is C13H24N2O2. The van der Waals surface area contributed by atoms with E-state index in [1.807, 2.05) is 25.7 Å². The van der Waals surface area contributed by atoms with Gasteiger partial charge in [-0.05, 0) is 53.1 Å². The van der Waals surface area contributed by atoms with Crippen LogP contribution >= 0.6 is 0 Å². The zero-order valence-electron chi connectivity index (χ0n) is 11.2. The lowest BCUT2D eigenvalue weighted by Crippen LogP contribution is -2.54. The molecule has 0 radical (unpaired) electrons. The van der Waals surface area contributed by atoms with Gasteiger partial charge < -0.3 is 9.64 Å². The minimum absolute atomic E-state index is 0.150. The van der Waals surface area contributed by atoms with Crippen LogP contribution in [0, 0.1) is 0 Å². The standard InChI is InChI=1S/C13H24N2O2/c1-13(2,3)17-12(16)15-7-4-6-11(10-15)14-8-5-9-14/h11H,4-10H2,1-3H3/t11-/m0/s1. The molecular weight excluding hydrogens is 216 g/mol. The largest absolute Gasteiger partial charge is 0.444 e. The molecule has 0 N–H and O–H groups in total. The Morgan fingerprint density at radius 3 is 2.41 bits per heavy atom. The molecule has 0 aliphatic carbocycles. The van der Waals surface area contributed by atoms with Crippen molar-refractivity contribution in [1.29, 1.82) is 0 Å². The average molecular weight is 240 g/mol. The van der Waals surface area contributed by atoms with Crippen molar-refractivity contribution >= 4 is 6.09 Å². The van der Waals surface area contributed by atoms with Crippen LogP contribution in [-0.4, -0.2) is 53.7 Å². The van der Waals surface area contributed by atoms with E-state index in [1.54, 1.807) is 0 Å². The predicted octanol–water partition coefficient (Wildman–Crippen LogP) is 2.09. The van der Waals surface area contributed by atoms with Crippen molar-refractivity contribution in [3.8, 4) is 0 Å². The van der Waals surface area contributed by atoms with Crippen LogP contribution in [0.2, 0.25) is 0 Å². The molecule has 1 amide bonds. The Balaban J connectivity index is 1.85. The molecule has 0 spiro atoms. The minimum atomic E-state index is -0.388. The fraction of sp³-hybridized carbons (Fsp3) is 0.923. The highest BCUT2D eigenvalue weighted by molar-refractivity contribution is 5.68. The van der Waals surface area contributed by atoms with E-state index in [4.69, 9.17) is 4.74 Å². The quantitative estimate of drug-likeness (QED) is 0.703. The van der Waals surface area contributed by atoms with Gasteiger partial charge in [0.05, 0.1) is 0 Å². The summed E-state index contributed by atoms with van der Waals surface area (Å²) in [7, 11) is 0. The number of rotatable bonds is 1. The number of likely N-dealkylation sites (tertiary alicyclic amines) is 2. The molecule has 2 aliphatic rings. The summed E-state index contributed by atoms with van der Waals surface area (Å²) in [6.07, 6.45) is 3.48. The molecule has 0 unspecified atom stereocenters. The second kappa shape index (κ2) is 4.84. The summed E-state index contributed by atoms with van der Waals surface area (Å²) in [6.45, 7) is 9.85. The number of carbonyl (C=O) groups excluding carboxylic acids is 1. The Hall–Kier alpha value is -0.770. The van der Waals surface area contributed by atoms with Crippen LogP contribution in [0.1, 0.15) is 40.0 Å². The van der Waals surface area contributed by atoms with Gasteiger partial charge in [-0.2, -0.15) is 0 Å². The lowest BCUT2D eigenvalue weighted by Gasteiger charge is -2.43. The second-order valence-corrected chi connectivity index (χ2v) is 6.11. The van der Waals surface area contributed by atoms with Crippen LogP contribution in [0.3, 0.4) is 0 Å². The molecule has 4 heteroatoms. The van der Waals surface area contributed by atoms with E-state index in [2.05, 4.69) is 4.90 Å². The molecule has 0 saturated carbocycles. The molecule has 0 aromatic rings. The molecule has 0 aromatic carbocycles. The summed E-state index contributed by atoms with van der Waals surface area (Å²) in [5.74, 6) is 0. The molecule has 2 rings (SSSR count). The Morgan fingerprint density at radius 2 is 1.88 bits per heavy atom. The zero-order valence-corrected chi connectivity index (χ0v) is 11.2. The highest BCUT2D eigenvalue weighted by atomic mass is 16.6. The summed E-state index contributed by atoms with van der Waals surface area (Å²) >= 11 is 0. The first-order chi connectivity index (χ1) is 7.96. The van der Waals surface area contributed by atoms with E-state index in [-0.39, 0.29) is 11.7 Å². The van der Waals surface area contributed by atoms with Gasteiger partial charge in [-0.25, -0.2) is 4.79 Å². The highest BCUT2D eigenvalue weighted by Crippen LogP contribution is 2.22. The number of piperidine rings is 1. The smallest absolute Gasteiger partial charge is 0.410 e. The molecule has 4 nitrogen and oxygen atoms in total. The van der Waals surface area contributed by atoms with Crippen LogP contribution < -0.4 is 0 Å². The van der Waals surface area contributed by atoms with Crippen LogP contribution in [0.25, 0.3) is 0 Å². The molecule has 2 fully saturated rings. The van der Waals surface area contributed by atoms with E-state index in [0.717, 1.165) is 19.5 Å². The molecule has 98 valence electrons. The third-order valence-corrected chi connectivity index (χ3v) is 3.46. The summed E-state index contributed by atoms with van der Waals surface area (Å²) in [5.41, 5.74) is -0.388.